The van der Waals surface area contributed by atoms with Crippen molar-refractivity contribution in [2.24, 2.45) is 0 Å². The Balaban J connectivity index is 0.000000994. The zero-order valence-corrected chi connectivity index (χ0v) is 17.5. The molecule has 0 bridgehead atoms. The monoisotopic (exact) mass is 376 g/mol. The van der Waals surface area contributed by atoms with E-state index in [1.165, 1.54) is 38.9 Å². The molecule has 0 heteroatoms. The number of aryl methyl sites for hydroxylation is 1. The van der Waals surface area contributed by atoms with Crippen LogP contribution in [0.15, 0.2) is 103 Å². The van der Waals surface area contributed by atoms with Gasteiger partial charge in [-0.25, -0.2) is 0 Å². The lowest BCUT2D eigenvalue weighted by atomic mass is 9.67. The fourth-order valence-corrected chi connectivity index (χ4v) is 4.71. The topological polar surface area (TPSA) is 0 Å². The summed E-state index contributed by atoms with van der Waals surface area (Å²) in [5.41, 5.74) is 9.27. The third-order valence-electron chi connectivity index (χ3n) is 5.93. The van der Waals surface area contributed by atoms with Crippen LogP contribution in [0.5, 0.6) is 0 Å². The quantitative estimate of drug-likeness (QED) is 0.303. The van der Waals surface area contributed by atoms with E-state index in [0.717, 1.165) is 6.42 Å². The Hall–Kier alpha value is -3.12. The maximum absolute atomic E-state index is 2.43. The molecule has 0 spiro atoms. The Morgan fingerprint density at radius 3 is 1.66 bits per heavy atom. The fraction of sp³-hybridized carbons (Fsp3) is 0.172. The Bertz CT molecular complexity index is 1050. The standard InChI is InChI=1S/C27H22.C2H6/c1-2-20-17-18-24-23-15-9-10-16-25(23)27(26(24)19-20,21-11-5-3-6-12-21)22-13-7-4-8-14-22;1-2/h3-19H,2H2,1H3;1-2H3. The number of hydrogen-bond donors (Lipinski definition) is 0. The van der Waals surface area contributed by atoms with E-state index >= 15 is 0 Å². The first-order chi connectivity index (χ1) is 14.4. The molecule has 0 N–H and O–H groups in total. The minimum atomic E-state index is -0.264. The van der Waals surface area contributed by atoms with Gasteiger partial charge >= 0.3 is 0 Å². The highest BCUT2D eigenvalue weighted by Crippen LogP contribution is 2.56. The summed E-state index contributed by atoms with van der Waals surface area (Å²) in [6.07, 6.45) is 1.04. The molecule has 0 radical (unpaired) electrons. The SMILES string of the molecule is CC.CCc1ccc2c(c1)C(c1ccccc1)(c1ccccc1)c1ccccc1-2. The lowest BCUT2D eigenvalue weighted by Crippen LogP contribution is -2.28. The number of fused-ring (bicyclic) bond motifs is 3. The van der Waals surface area contributed by atoms with Gasteiger partial charge in [0, 0.05) is 0 Å². The maximum atomic E-state index is 2.43. The predicted molar refractivity (Wildman–Crippen MR) is 124 cm³/mol. The van der Waals surface area contributed by atoms with Crippen molar-refractivity contribution >= 4 is 0 Å². The van der Waals surface area contributed by atoms with E-state index in [1.807, 2.05) is 13.8 Å². The Labute approximate surface area is 174 Å². The van der Waals surface area contributed by atoms with E-state index in [0.29, 0.717) is 0 Å². The summed E-state index contributed by atoms with van der Waals surface area (Å²) in [5, 5.41) is 0. The molecule has 0 atom stereocenters. The smallest absolute Gasteiger partial charge is 0.0683 e. The molecule has 0 unspecified atom stereocenters. The van der Waals surface area contributed by atoms with Gasteiger partial charge in [0.25, 0.3) is 0 Å². The van der Waals surface area contributed by atoms with Crippen LogP contribution in [-0.2, 0) is 11.8 Å². The highest BCUT2D eigenvalue weighted by Gasteiger charge is 2.45. The molecule has 0 aliphatic heterocycles. The van der Waals surface area contributed by atoms with Crippen LogP contribution in [-0.4, -0.2) is 0 Å². The second kappa shape index (κ2) is 8.09. The van der Waals surface area contributed by atoms with Crippen molar-refractivity contribution in [2.45, 2.75) is 32.6 Å². The van der Waals surface area contributed by atoms with Crippen molar-refractivity contribution in [3.8, 4) is 11.1 Å². The Morgan fingerprint density at radius 1 is 0.552 bits per heavy atom. The summed E-state index contributed by atoms with van der Waals surface area (Å²) in [7, 11) is 0. The molecule has 1 aliphatic rings. The Kier molecular flexibility index (Phi) is 5.36. The van der Waals surface area contributed by atoms with E-state index in [9.17, 15) is 0 Å². The van der Waals surface area contributed by atoms with E-state index < -0.39 is 0 Å². The number of benzene rings is 4. The van der Waals surface area contributed by atoms with Crippen molar-refractivity contribution in [1.29, 1.82) is 0 Å². The molecule has 0 saturated carbocycles. The van der Waals surface area contributed by atoms with E-state index in [-0.39, 0.29) is 5.41 Å². The van der Waals surface area contributed by atoms with Gasteiger partial charge in [-0.2, -0.15) is 0 Å². The first-order valence-corrected chi connectivity index (χ1v) is 10.7. The highest BCUT2D eigenvalue weighted by atomic mass is 14.5. The largest absolute Gasteiger partial charge is 0.0713 e. The van der Waals surface area contributed by atoms with Gasteiger partial charge in [0.15, 0.2) is 0 Å². The predicted octanol–water partition coefficient (Wildman–Crippen LogP) is 7.64. The van der Waals surface area contributed by atoms with Crippen molar-refractivity contribution in [3.05, 3.63) is 131 Å². The summed E-state index contributed by atoms with van der Waals surface area (Å²) < 4.78 is 0. The van der Waals surface area contributed by atoms with E-state index in [1.54, 1.807) is 0 Å². The average molecular weight is 377 g/mol. The first kappa shape index (κ1) is 19.2. The van der Waals surface area contributed by atoms with Crippen LogP contribution in [0, 0.1) is 0 Å². The number of rotatable bonds is 3. The minimum Gasteiger partial charge on any atom is -0.0683 e. The van der Waals surface area contributed by atoms with Crippen LogP contribution in [0.4, 0.5) is 0 Å². The lowest BCUT2D eigenvalue weighted by Gasteiger charge is -2.34. The fourth-order valence-electron chi connectivity index (χ4n) is 4.71. The molecule has 0 amide bonds. The summed E-state index contributed by atoms with van der Waals surface area (Å²) in [5.74, 6) is 0. The third-order valence-corrected chi connectivity index (χ3v) is 5.93. The Morgan fingerprint density at radius 2 is 1.07 bits per heavy atom. The molecule has 29 heavy (non-hydrogen) atoms. The molecule has 0 heterocycles. The summed E-state index contributed by atoms with van der Waals surface area (Å²) in [6, 6.07) is 37.9. The molecule has 4 aromatic rings. The molecule has 0 nitrogen and oxygen atoms in total. The minimum absolute atomic E-state index is 0.264. The maximum Gasteiger partial charge on any atom is 0.0713 e. The van der Waals surface area contributed by atoms with Crippen molar-refractivity contribution in [2.75, 3.05) is 0 Å². The van der Waals surface area contributed by atoms with Gasteiger partial charge in [0.05, 0.1) is 5.41 Å². The van der Waals surface area contributed by atoms with Crippen LogP contribution >= 0.6 is 0 Å². The highest BCUT2D eigenvalue weighted by molar-refractivity contribution is 5.86. The van der Waals surface area contributed by atoms with Gasteiger partial charge in [-0.05, 0) is 45.4 Å². The van der Waals surface area contributed by atoms with Crippen LogP contribution in [0.2, 0.25) is 0 Å². The van der Waals surface area contributed by atoms with Crippen LogP contribution in [0.3, 0.4) is 0 Å². The molecule has 0 aromatic heterocycles. The zero-order valence-electron chi connectivity index (χ0n) is 17.5. The first-order valence-electron chi connectivity index (χ1n) is 10.7. The van der Waals surface area contributed by atoms with Gasteiger partial charge in [-0.3, -0.25) is 0 Å². The molecule has 4 aromatic carbocycles. The zero-order chi connectivity index (χ0) is 20.3. The molecule has 1 aliphatic carbocycles. The summed E-state index contributed by atoms with van der Waals surface area (Å²) >= 11 is 0. The van der Waals surface area contributed by atoms with Crippen LogP contribution in [0.1, 0.15) is 48.6 Å². The van der Waals surface area contributed by atoms with Crippen molar-refractivity contribution < 1.29 is 0 Å². The lowest BCUT2D eigenvalue weighted by molar-refractivity contribution is 0.766. The molecule has 5 rings (SSSR count). The third kappa shape index (κ3) is 2.91. The van der Waals surface area contributed by atoms with Crippen LogP contribution < -0.4 is 0 Å². The van der Waals surface area contributed by atoms with E-state index in [4.69, 9.17) is 0 Å². The van der Waals surface area contributed by atoms with Gasteiger partial charge in [0.1, 0.15) is 0 Å². The summed E-state index contributed by atoms with van der Waals surface area (Å²) in [6.45, 7) is 6.23. The van der Waals surface area contributed by atoms with Gasteiger partial charge in [-0.1, -0.05) is 124 Å². The number of hydrogen-bond acceptors (Lipinski definition) is 0. The van der Waals surface area contributed by atoms with Gasteiger partial charge in [0.2, 0.25) is 0 Å². The second-order valence-electron chi connectivity index (χ2n) is 7.26. The van der Waals surface area contributed by atoms with Gasteiger partial charge in [-0.15, -0.1) is 0 Å². The van der Waals surface area contributed by atoms with E-state index in [2.05, 4.69) is 110 Å². The second-order valence-corrected chi connectivity index (χ2v) is 7.26. The molecule has 144 valence electrons. The van der Waals surface area contributed by atoms with Crippen molar-refractivity contribution in [3.63, 3.8) is 0 Å². The summed E-state index contributed by atoms with van der Waals surface area (Å²) in [4.78, 5) is 0. The van der Waals surface area contributed by atoms with Crippen LogP contribution in [0.25, 0.3) is 11.1 Å². The molecular weight excluding hydrogens is 348 g/mol. The molecule has 0 saturated heterocycles. The normalized spacial score (nSPS) is 13.1. The average Bonchev–Trinajstić information content (AvgIpc) is 3.12. The molecular formula is C29H28. The molecule has 0 fully saturated rings. The van der Waals surface area contributed by atoms with Gasteiger partial charge < -0.3 is 0 Å². The van der Waals surface area contributed by atoms with Crippen molar-refractivity contribution in [1.82, 2.24) is 0 Å².